The first-order valence-corrected chi connectivity index (χ1v) is 9.08. The SMILES string of the molecule is Cc1ccc(/C=C/C(=O)NCCCN2CCCc3ccccc32)cc1. The van der Waals surface area contributed by atoms with Crippen molar-refractivity contribution < 1.29 is 4.79 Å². The number of fused-ring (bicyclic) bond motifs is 1. The minimum absolute atomic E-state index is 0.0281. The summed E-state index contributed by atoms with van der Waals surface area (Å²) in [4.78, 5) is 14.4. The topological polar surface area (TPSA) is 32.3 Å². The van der Waals surface area contributed by atoms with Gasteiger partial charge in [0.2, 0.25) is 5.91 Å². The molecule has 25 heavy (non-hydrogen) atoms. The van der Waals surface area contributed by atoms with E-state index in [4.69, 9.17) is 0 Å². The van der Waals surface area contributed by atoms with Crippen molar-refractivity contribution in [3.63, 3.8) is 0 Å². The Bertz CT molecular complexity index is 734. The molecule has 0 spiro atoms. The molecule has 0 fully saturated rings. The van der Waals surface area contributed by atoms with E-state index in [0.29, 0.717) is 6.54 Å². The van der Waals surface area contributed by atoms with Gasteiger partial charge in [-0.2, -0.15) is 0 Å². The summed E-state index contributed by atoms with van der Waals surface area (Å²) >= 11 is 0. The number of hydrogen-bond donors (Lipinski definition) is 1. The number of carbonyl (C=O) groups is 1. The van der Waals surface area contributed by atoms with Crippen LogP contribution in [0, 0.1) is 6.92 Å². The van der Waals surface area contributed by atoms with Gasteiger partial charge in [0.1, 0.15) is 0 Å². The molecule has 3 nitrogen and oxygen atoms in total. The van der Waals surface area contributed by atoms with Gasteiger partial charge in [0.15, 0.2) is 0 Å². The van der Waals surface area contributed by atoms with Crippen LogP contribution in [-0.4, -0.2) is 25.5 Å². The van der Waals surface area contributed by atoms with E-state index >= 15 is 0 Å². The Labute approximate surface area is 150 Å². The Morgan fingerprint density at radius 1 is 1.16 bits per heavy atom. The van der Waals surface area contributed by atoms with Gasteiger partial charge in [0.05, 0.1) is 0 Å². The van der Waals surface area contributed by atoms with E-state index < -0.39 is 0 Å². The molecule has 1 aliphatic rings. The highest BCUT2D eigenvalue weighted by molar-refractivity contribution is 5.91. The number of aryl methyl sites for hydroxylation is 2. The number of carbonyl (C=O) groups excluding carboxylic acids is 1. The largest absolute Gasteiger partial charge is 0.371 e. The number of anilines is 1. The lowest BCUT2D eigenvalue weighted by atomic mass is 10.0. The van der Waals surface area contributed by atoms with Gasteiger partial charge in [-0.3, -0.25) is 4.79 Å². The van der Waals surface area contributed by atoms with E-state index in [2.05, 4.69) is 41.4 Å². The van der Waals surface area contributed by atoms with Crippen LogP contribution < -0.4 is 10.2 Å². The molecule has 130 valence electrons. The van der Waals surface area contributed by atoms with Crippen molar-refractivity contribution in [3.05, 3.63) is 71.3 Å². The lowest BCUT2D eigenvalue weighted by Crippen LogP contribution is -2.32. The third-order valence-electron chi connectivity index (χ3n) is 4.61. The fourth-order valence-electron chi connectivity index (χ4n) is 3.23. The van der Waals surface area contributed by atoms with E-state index in [1.165, 1.54) is 29.7 Å². The van der Waals surface area contributed by atoms with E-state index in [1.54, 1.807) is 6.08 Å². The highest BCUT2D eigenvalue weighted by atomic mass is 16.1. The second-order valence-electron chi connectivity index (χ2n) is 6.61. The second-order valence-corrected chi connectivity index (χ2v) is 6.61. The summed E-state index contributed by atoms with van der Waals surface area (Å²) in [5, 5.41) is 2.98. The molecule has 0 aliphatic carbocycles. The van der Waals surface area contributed by atoms with Crippen molar-refractivity contribution in [2.45, 2.75) is 26.2 Å². The van der Waals surface area contributed by atoms with Gasteiger partial charge in [0.25, 0.3) is 0 Å². The average Bonchev–Trinajstić information content (AvgIpc) is 2.65. The molecule has 0 unspecified atom stereocenters. The number of nitrogens with one attached hydrogen (secondary N) is 1. The Kier molecular flexibility index (Phi) is 5.89. The minimum Gasteiger partial charge on any atom is -0.371 e. The summed E-state index contributed by atoms with van der Waals surface area (Å²) < 4.78 is 0. The zero-order chi connectivity index (χ0) is 17.5. The van der Waals surface area contributed by atoms with Gasteiger partial charge in [-0.05, 0) is 49.5 Å². The van der Waals surface area contributed by atoms with Gasteiger partial charge in [-0.25, -0.2) is 0 Å². The van der Waals surface area contributed by atoms with Crippen molar-refractivity contribution in [2.24, 2.45) is 0 Å². The van der Waals surface area contributed by atoms with Crippen LogP contribution in [0.1, 0.15) is 29.5 Å². The normalized spacial score (nSPS) is 13.7. The monoisotopic (exact) mass is 334 g/mol. The van der Waals surface area contributed by atoms with Crippen molar-refractivity contribution >= 4 is 17.7 Å². The molecule has 0 aromatic heterocycles. The fraction of sp³-hybridized carbons (Fsp3) is 0.318. The number of para-hydroxylation sites is 1. The van der Waals surface area contributed by atoms with Gasteiger partial charge < -0.3 is 10.2 Å². The molecule has 3 heteroatoms. The number of amides is 1. The molecule has 1 heterocycles. The molecule has 0 bridgehead atoms. The first-order chi connectivity index (χ1) is 12.2. The first kappa shape index (κ1) is 17.3. The molecule has 0 radical (unpaired) electrons. The summed E-state index contributed by atoms with van der Waals surface area (Å²) in [7, 11) is 0. The minimum atomic E-state index is -0.0281. The molecule has 3 rings (SSSR count). The number of rotatable bonds is 6. The Balaban J connectivity index is 1.41. The van der Waals surface area contributed by atoms with Gasteiger partial charge in [0, 0.05) is 31.4 Å². The van der Waals surface area contributed by atoms with Crippen LogP contribution in [0.15, 0.2) is 54.6 Å². The number of nitrogens with zero attached hydrogens (tertiary/aromatic N) is 1. The zero-order valence-corrected chi connectivity index (χ0v) is 14.9. The molecule has 1 aliphatic heterocycles. The van der Waals surface area contributed by atoms with Gasteiger partial charge in [-0.1, -0.05) is 48.0 Å². The fourth-order valence-corrected chi connectivity index (χ4v) is 3.23. The van der Waals surface area contributed by atoms with Crippen LogP contribution in [0.5, 0.6) is 0 Å². The van der Waals surface area contributed by atoms with E-state index in [-0.39, 0.29) is 5.91 Å². The van der Waals surface area contributed by atoms with E-state index in [1.807, 2.05) is 30.3 Å². The predicted molar refractivity (Wildman–Crippen MR) is 105 cm³/mol. The van der Waals surface area contributed by atoms with Crippen LogP contribution in [0.25, 0.3) is 6.08 Å². The maximum atomic E-state index is 11.9. The lowest BCUT2D eigenvalue weighted by Gasteiger charge is -2.31. The van der Waals surface area contributed by atoms with Gasteiger partial charge in [-0.15, -0.1) is 0 Å². The van der Waals surface area contributed by atoms with E-state index in [9.17, 15) is 4.79 Å². The molecule has 0 saturated heterocycles. The summed E-state index contributed by atoms with van der Waals surface area (Å²) in [5.41, 5.74) is 5.07. The second kappa shape index (κ2) is 8.52. The Hall–Kier alpha value is -2.55. The molecule has 0 atom stereocenters. The predicted octanol–water partition coefficient (Wildman–Crippen LogP) is 3.97. The van der Waals surface area contributed by atoms with E-state index in [0.717, 1.165) is 25.1 Å². The maximum absolute atomic E-state index is 11.9. The summed E-state index contributed by atoms with van der Waals surface area (Å²) in [6.07, 6.45) is 6.81. The first-order valence-electron chi connectivity index (χ1n) is 9.08. The van der Waals surface area contributed by atoms with Crippen LogP contribution in [0.4, 0.5) is 5.69 Å². The molecular formula is C22H26N2O. The van der Waals surface area contributed by atoms with Gasteiger partial charge >= 0.3 is 0 Å². The standard InChI is InChI=1S/C22H26N2O/c1-18-9-11-19(12-10-18)13-14-22(25)23-15-5-17-24-16-4-7-20-6-2-3-8-21(20)24/h2-3,6,8-14H,4-5,7,15-17H2,1H3,(H,23,25)/b14-13+. The van der Waals surface area contributed by atoms with Crippen molar-refractivity contribution in [2.75, 3.05) is 24.5 Å². The summed E-state index contributed by atoms with van der Waals surface area (Å²) in [6.45, 7) is 4.86. The average molecular weight is 334 g/mol. The maximum Gasteiger partial charge on any atom is 0.244 e. The van der Waals surface area contributed by atoms with Crippen molar-refractivity contribution in [1.29, 1.82) is 0 Å². The third-order valence-corrected chi connectivity index (χ3v) is 4.61. The van der Waals surface area contributed by atoms with Crippen molar-refractivity contribution in [1.82, 2.24) is 5.32 Å². The quantitative estimate of drug-likeness (QED) is 0.640. The number of hydrogen-bond acceptors (Lipinski definition) is 2. The molecule has 1 amide bonds. The molecule has 2 aromatic rings. The zero-order valence-electron chi connectivity index (χ0n) is 14.9. The number of benzene rings is 2. The smallest absolute Gasteiger partial charge is 0.244 e. The van der Waals surface area contributed by atoms with Crippen LogP contribution >= 0.6 is 0 Å². The molecule has 0 saturated carbocycles. The Morgan fingerprint density at radius 3 is 2.80 bits per heavy atom. The summed E-state index contributed by atoms with van der Waals surface area (Å²) in [5.74, 6) is -0.0281. The highest BCUT2D eigenvalue weighted by Crippen LogP contribution is 2.26. The Morgan fingerprint density at radius 2 is 1.96 bits per heavy atom. The molecule has 2 aromatic carbocycles. The van der Waals surface area contributed by atoms with Crippen LogP contribution in [-0.2, 0) is 11.2 Å². The highest BCUT2D eigenvalue weighted by Gasteiger charge is 2.15. The molecular weight excluding hydrogens is 308 g/mol. The van der Waals surface area contributed by atoms with Crippen LogP contribution in [0.2, 0.25) is 0 Å². The van der Waals surface area contributed by atoms with Crippen LogP contribution in [0.3, 0.4) is 0 Å². The van der Waals surface area contributed by atoms with Crippen molar-refractivity contribution in [3.8, 4) is 0 Å². The molecule has 1 N–H and O–H groups in total. The summed E-state index contributed by atoms with van der Waals surface area (Å²) in [6, 6.07) is 16.8. The third kappa shape index (κ3) is 4.96. The lowest BCUT2D eigenvalue weighted by molar-refractivity contribution is -0.116.